The van der Waals surface area contributed by atoms with Crippen LogP contribution < -0.4 is 0 Å². The summed E-state index contributed by atoms with van der Waals surface area (Å²) in [5.74, 6) is 0. The van der Waals surface area contributed by atoms with Gasteiger partial charge in [-0.25, -0.2) is 0 Å². The minimum atomic E-state index is -3.29. The first kappa shape index (κ1) is 6.98. The third-order valence-corrected chi connectivity index (χ3v) is 0. The van der Waals surface area contributed by atoms with Crippen LogP contribution in [0.2, 0.25) is 0 Å². The molecule has 5 heavy (non-hydrogen) atoms. The summed E-state index contributed by atoms with van der Waals surface area (Å²) in [6.45, 7) is 0. The molecule has 0 saturated heterocycles. The van der Waals surface area contributed by atoms with Crippen LogP contribution in [0.15, 0.2) is 0 Å². The molecule has 0 spiro atoms. The van der Waals surface area contributed by atoms with Gasteiger partial charge in [0.1, 0.15) is 0 Å². The third kappa shape index (κ3) is 24.2. The van der Waals surface area contributed by atoms with Crippen molar-refractivity contribution in [2.75, 3.05) is 0 Å². The summed E-state index contributed by atoms with van der Waals surface area (Å²) in [4.78, 5) is 0. The van der Waals surface area contributed by atoms with Crippen LogP contribution in [0.1, 0.15) is 0 Å². The van der Waals surface area contributed by atoms with Gasteiger partial charge in [-0.05, 0) is 0 Å². The van der Waals surface area contributed by atoms with Crippen LogP contribution in [-0.4, -0.2) is 14.2 Å². The predicted octanol–water partition coefficient (Wildman–Crippen LogP) is 2.11. The summed E-state index contributed by atoms with van der Waals surface area (Å²) >= 11 is -3.29. The summed E-state index contributed by atoms with van der Waals surface area (Å²) < 4.78 is 0. The Labute approximate surface area is 49.0 Å². The normalized spacial score (nSPS) is 15.2. The number of hydrogen-bond donors (Lipinski definition) is 0. The molecule has 0 aliphatic carbocycles. The molecule has 0 aromatic heterocycles. The van der Waals surface area contributed by atoms with Gasteiger partial charge < -0.3 is 0 Å². The van der Waals surface area contributed by atoms with Crippen molar-refractivity contribution in [3.8, 4) is 0 Å². The predicted molar refractivity (Wildman–Crippen MR) is 30.6 cm³/mol. The minimum absolute atomic E-state index is 3.29. The zero-order valence-corrected chi connectivity index (χ0v) is 7.89. The van der Waals surface area contributed by atoms with Gasteiger partial charge in [-0.3, -0.25) is 0 Å². The van der Waals surface area contributed by atoms with E-state index in [-0.39, 0.29) is 0 Å². The van der Waals surface area contributed by atoms with Gasteiger partial charge in [0.2, 0.25) is 0 Å². The Morgan fingerprint density at radius 3 is 0.800 bits per heavy atom. The van der Waals surface area contributed by atoms with E-state index in [9.17, 15) is 0 Å². The molecule has 5 heteroatoms. The fourth-order valence-corrected chi connectivity index (χ4v) is 0. The van der Waals surface area contributed by atoms with E-state index in [2.05, 4.69) is 0 Å². The van der Waals surface area contributed by atoms with Crippen LogP contribution in [-0.2, 0) is 0 Å². The van der Waals surface area contributed by atoms with Gasteiger partial charge in [0.15, 0.2) is 0 Å². The van der Waals surface area contributed by atoms with E-state index in [1.165, 1.54) is 0 Å². The number of halogens is 4. The average Bonchev–Trinajstić information content (AvgIpc) is 0.722. The van der Waals surface area contributed by atoms with Crippen molar-refractivity contribution in [1.82, 2.24) is 0 Å². The molecule has 0 nitrogen and oxygen atoms in total. The maximum atomic E-state index is 5.04. The van der Waals surface area contributed by atoms with Gasteiger partial charge >= 0.3 is 49.6 Å². The topological polar surface area (TPSA) is 0 Å². The molecule has 0 aliphatic heterocycles. The Hall–Kier alpha value is 1.98. The van der Waals surface area contributed by atoms with Gasteiger partial charge in [0, 0.05) is 0 Å². The number of hydrogen-bond acceptors (Lipinski definition) is 0. The molecular formula is HCl4Sb. The van der Waals surface area contributed by atoms with Crippen LogP contribution in [0.5, 0.6) is 0 Å². The first-order valence-corrected chi connectivity index (χ1v) is 15.2. The SMILES string of the molecule is [Cl][SbH]([Cl])([Cl])[Cl]. The van der Waals surface area contributed by atoms with Gasteiger partial charge in [-0.15, -0.1) is 0 Å². The number of rotatable bonds is 0. The molecule has 0 rings (SSSR count). The molecule has 0 heterocycles. The van der Waals surface area contributed by atoms with E-state index in [0.29, 0.717) is 0 Å². The van der Waals surface area contributed by atoms with Crippen LogP contribution in [0.4, 0.5) is 0 Å². The first-order chi connectivity index (χ1) is 2.00. The van der Waals surface area contributed by atoms with Crippen molar-refractivity contribution >= 4 is 49.6 Å². The van der Waals surface area contributed by atoms with Gasteiger partial charge in [0.25, 0.3) is 0 Å². The third-order valence-electron chi connectivity index (χ3n) is 0. The van der Waals surface area contributed by atoms with Gasteiger partial charge in [-0.2, -0.15) is 0 Å². The van der Waals surface area contributed by atoms with E-state index in [0.717, 1.165) is 0 Å². The summed E-state index contributed by atoms with van der Waals surface area (Å²) in [5, 5.41) is 0. The summed E-state index contributed by atoms with van der Waals surface area (Å²) in [6.07, 6.45) is 0. The van der Waals surface area contributed by atoms with Crippen molar-refractivity contribution in [2.24, 2.45) is 0 Å². The molecule has 0 amide bonds. The zero-order valence-electron chi connectivity index (χ0n) is 2.01. The Morgan fingerprint density at radius 2 is 0.800 bits per heavy atom. The van der Waals surface area contributed by atoms with Crippen molar-refractivity contribution < 1.29 is 0 Å². The van der Waals surface area contributed by atoms with Crippen LogP contribution in [0.25, 0.3) is 0 Å². The van der Waals surface area contributed by atoms with Gasteiger partial charge in [0.05, 0.1) is 0 Å². The monoisotopic (exact) mass is 262 g/mol. The second-order valence-corrected chi connectivity index (χ2v) is 25.9. The van der Waals surface area contributed by atoms with E-state index < -0.39 is 14.2 Å². The van der Waals surface area contributed by atoms with Crippen LogP contribution in [0, 0.1) is 0 Å². The first-order valence-electron chi connectivity index (χ1n) is 0.756. The van der Waals surface area contributed by atoms with E-state index in [1.54, 1.807) is 0 Å². The zero-order chi connectivity index (χ0) is 4.50. The molecule has 0 saturated carbocycles. The summed E-state index contributed by atoms with van der Waals surface area (Å²) in [7, 11) is 20.1. The quantitative estimate of drug-likeness (QED) is 0.588. The van der Waals surface area contributed by atoms with Crippen LogP contribution >= 0.6 is 35.3 Å². The molecule has 0 aromatic rings. The molecule has 0 N–H and O–H groups in total. The Balaban J connectivity index is 3.02. The molecule has 0 bridgehead atoms. The van der Waals surface area contributed by atoms with Gasteiger partial charge in [-0.1, -0.05) is 0 Å². The van der Waals surface area contributed by atoms with E-state index in [1.807, 2.05) is 0 Å². The fraction of sp³-hybridized carbons (Fsp3) is 0. The second-order valence-electron chi connectivity index (χ2n) is 0.429. The molecule has 0 radical (unpaired) electrons. The molecule has 34 valence electrons. The van der Waals surface area contributed by atoms with Crippen molar-refractivity contribution in [3.05, 3.63) is 0 Å². The Bertz CT molecular complexity index is 19.1. The van der Waals surface area contributed by atoms with Crippen LogP contribution in [0.3, 0.4) is 0 Å². The second kappa shape index (κ2) is 2.33. The van der Waals surface area contributed by atoms with Crippen molar-refractivity contribution in [1.29, 1.82) is 0 Å². The standard InChI is InChI=1S/4ClH.Sb.H/h4*1H;;/q;;;;+4;/p-4. The Kier molecular flexibility index (Phi) is 3.25. The average molecular weight is 265 g/mol. The summed E-state index contributed by atoms with van der Waals surface area (Å²) in [6, 6.07) is 0. The Morgan fingerprint density at radius 1 is 0.800 bits per heavy atom. The molecule has 0 unspecified atom stereocenters. The van der Waals surface area contributed by atoms with Crippen molar-refractivity contribution in [2.45, 2.75) is 0 Å². The summed E-state index contributed by atoms with van der Waals surface area (Å²) in [5.41, 5.74) is 0. The van der Waals surface area contributed by atoms with E-state index >= 15 is 0 Å². The maximum absolute atomic E-state index is 5.04. The van der Waals surface area contributed by atoms with E-state index in [4.69, 9.17) is 35.3 Å². The molecular weight excluding hydrogens is 264 g/mol. The molecule has 0 aromatic carbocycles. The fourth-order valence-electron chi connectivity index (χ4n) is 0. The van der Waals surface area contributed by atoms with Crippen molar-refractivity contribution in [3.63, 3.8) is 0 Å². The molecule has 0 aliphatic rings. The molecule has 0 fully saturated rings. The molecule has 0 atom stereocenters.